The van der Waals surface area contributed by atoms with E-state index in [0.717, 1.165) is 6.07 Å². The summed E-state index contributed by atoms with van der Waals surface area (Å²) in [5.74, 6) is -2.49. The van der Waals surface area contributed by atoms with Crippen LogP contribution < -0.4 is 10.5 Å². The summed E-state index contributed by atoms with van der Waals surface area (Å²) in [6.07, 6.45) is -5.00. The fourth-order valence-corrected chi connectivity index (χ4v) is 0.743. The number of halogens is 3. The summed E-state index contributed by atoms with van der Waals surface area (Å²) in [5.41, 5.74) is 5.49. The molecule has 0 saturated carbocycles. The van der Waals surface area contributed by atoms with Gasteiger partial charge >= 0.3 is 12.1 Å². The number of carbonyl (C=O) groups is 1. The summed E-state index contributed by atoms with van der Waals surface area (Å²) in [7, 11) is 0. The van der Waals surface area contributed by atoms with E-state index in [-0.39, 0.29) is 11.4 Å². The van der Waals surface area contributed by atoms with Crippen LogP contribution in [0.3, 0.4) is 0 Å². The molecule has 0 saturated heterocycles. The fourth-order valence-electron chi connectivity index (χ4n) is 0.743. The molecule has 3 nitrogen and oxygen atoms in total. The Balaban J connectivity index is 2.75. The van der Waals surface area contributed by atoms with E-state index in [2.05, 4.69) is 4.74 Å². The van der Waals surface area contributed by atoms with E-state index in [1.165, 1.54) is 18.2 Å². The van der Waals surface area contributed by atoms with Gasteiger partial charge in [-0.1, -0.05) is 6.07 Å². The molecule has 14 heavy (non-hydrogen) atoms. The minimum Gasteiger partial charge on any atom is -0.420 e. The number of nitrogen functional groups attached to an aromatic ring is 1. The first-order valence-electron chi connectivity index (χ1n) is 3.54. The van der Waals surface area contributed by atoms with Crippen LogP contribution in [0.4, 0.5) is 18.9 Å². The minimum atomic E-state index is -5.00. The van der Waals surface area contributed by atoms with E-state index in [4.69, 9.17) is 5.73 Å². The quantitative estimate of drug-likeness (QED) is 0.431. The lowest BCUT2D eigenvalue weighted by Gasteiger charge is -2.06. The van der Waals surface area contributed by atoms with Crippen molar-refractivity contribution in [2.75, 3.05) is 5.73 Å². The number of ether oxygens (including phenoxy) is 1. The molecule has 0 aliphatic carbocycles. The molecule has 6 heteroatoms. The van der Waals surface area contributed by atoms with E-state index < -0.39 is 12.1 Å². The van der Waals surface area contributed by atoms with Gasteiger partial charge in [-0.15, -0.1) is 0 Å². The molecular formula is C8H6F3NO2. The van der Waals surface area contributed by atoms with Gasteiger partial charge in [0.05, 0.1) is 0 Å². The van der Waals surface area contributed by atoms with E-state index in [1.807, 2.05) is 0 Å². The molecule has 2 N–H and O–H groups in total. The highest BCUT2D eigenvalue weighted by Gasteiger charge is 2.41. The molecule has 0 amide bonds. The number of carbonyl (C=O) groups excluding carboxylic acids is 1. The Morgan fingerprint density at radius 1 is 1.36 bits per heavy atom. The summed E-state index contributed by atoms with van der Waals surface area (Å²) in [6.45, 7) is 0. The normalized spacial score (nSPS) is 11.1. The molecule has 0 unspecified atom stereocenters. The van der Waals surface area contributed by atoms with Crippen LogP contribution in [0.1, 0.15) is 0 Å². The third-order valence-corrected chi connectivity index (χ3v) is 1.30. The number of alkyl halides is 3. The monoisotopic (exact) mass is 205 g/mol. The number of nitrogens with two attached hydrogens (primary N) is 1. The Bertz CT molecular complexity index is 349. The van der Waals surface area contributed by atoms with E-state index in [1.54, 1.807) is 0 Å². The van der Waals surface area contributed by atoms with Crippen molar-refractivity contribution in [1.82, 2.24) is 0 Å². The zero-order chi connectivity index (χ0) is 10.8. The molecule has 76 valence electrons. The number of benzene rings is 1. The summed E-state index contributed by atoms with van der Waals surface area (Å²) in [4.78, 5) is 10.4. The van der Waals surface area contributed by atoms with Gasteiger partial charge in [0.1, 0.15) is 5.75 Å². The summed E-state index contributed by atoms with van der Waals surface area (Å²) in [6, 6.07) is 5.18. The Morgan fingerprint density at radius 2 is 2.00 bits per heavy atom. The smallest absolute Gasteiger partial charge is 0.420 e. The van der Waals surface area contributed by atoms with Crippen LogP contribution >= 0.6 is 0 Å². The molecule has 1 rings (SSSR count). The molecule has 0 aromatic heterocycles. The highest BCUT2D eigenvalue weighted by molar-refractivity contribution is 5.78. The maximum Gasteiger partial charge on any atom is 0.491 e. The Hall–Kier alpha value is -1.72. The molecule has 0 heterocycles. The molecule has 0 spiro atoms. The molecule has 1 aromatic rings. The average Bonchev–Trinajstić information content (AvgIpc) is 2.02. The van der Waals surface area contributed by atoms with E-state index in [9.17, 15) is 18.0 Å². The van der Waals surface area contributed by atoms with E-state index >= 15 is 0 Å². The molecule has 1 aromatic carbocycles. The molecule has 0 aliphatic rings. The SMILES string of the molecule is Nc1cccc(OC(=O)C(F)(F)F)c1. The van der Waals surface area contributed by atoms with Crippen molar-refractivity contribution in [3.8, 4) is 5.75 Å². The summed E-state index contributed by atoms with van der Waals surface area (Å²) < 4.78 is 39.2. The summed E-state index contributed by atoms with van der Waals surface area (Å²) >= 11 is 0. The number of anilines is 1. The van der Waals surface area contributed by atoms with Gasteiger partial charge in [0.25, 0.3) is 0 Å². The third-order valence-electron chi connectivity index (χ3n) is 1.30. The van der Waals surface area contributed by atoms with Gasteiger partial charge < -0.3 is 10.5 Å². The summed E-state index contributed by atoms with van der Waals surface area (Å²) in [5, 5.41) is 0. The van der Waals surface area contributed by atoms with Gasteiger partial charge in [0, 0.05) is 11.8 Å². The van der Waals surface area contributed by atoms with Crippen LogP contribution in [0.2, 0.25) is 0 Å². The van der Waals surface area contributed by atoms with Crippen molar-refractivity contribution >= 4 is 11.7 Å². The van der Waals surface area contributed by atoms with Crippen LogP contribution in [0.25, 0.3) is 0 Å². The lowest BCUT2D eigenvalue weighted by Crippen LogP contribution is -2.27. The van der Waals surface area contributed by atoms with Gasteiger partial charge in [0.2, 0.25) is 0 Å². The van der Waals surface area contributed by atoms with Gasteiger partial charge in [-0.05, 0) is 12.1 Å². The van der Waals surface area contributed by atoms with Crippen LogP contribution in [0.15, 0.2) is 24.3 Å². The predicted octanol–water partition coefficient (Wildman–Crippen LogP) is 1.74. The number of hydrogen-bond donors (Lipinski definition) is 1. The Kier molecular flexibility index (Phi) is 2.64. The molecule has 0 radical (unpaired) electrons. The zero-order valence-corrected chi connectivity index (χ0v) is 6.84. The van der Waals surface area contributed by atoms with Crippen LogP contribution in [0.5, 0.6) is 5.75 Å². The highest BCUT2D eigenvalue weighted by Crippen LogP contribution is 2.21. The number of esters is 1. The zero-order valence-electron chi connectivity index (χ0n) is 6.84. The first-order chi connectivity index (χ1) is 6.39. The predicted molar refractivity (Wildman–Crippen MR) is 42.5 cm³/mol. The number of hydrogen-bond acceptors (Lipinski definition) is 3. The molecule has 0 aliphatic heterocycles. The van der Waals surface area contributed by atoms with Crippen molar-refractivity contribution in [2.24, 2.45) is 0 Å². The second kappa shape index (κ2) is 3.57. The Morgan fingerprint density at radius 3 is 2.50 bits per heavy atom. The van der Waals surface area contributed by atoms with Crippen molar-refractivity contribution < 1.29 is 22.7 Å². The van der Waals surface area contributed by atoms with Crippen molar-refractivity contribution in [1.29, 1.82) is 0 Å². The minimum absolute atomic E-state index is 0.220. The fraction of sp³-hybridized carbons (Fsp3) is 0.125. The van der Waals surface area contributed by atoms with Crippen LogP contribution in [-0.4, -0.2) is 12.1 Å². The van der Waals surface area contributed by atoms with Crippen molar-refractivity contribution in [3.05, 3.63) is 24.3 Å². The van der Waals surface area contributed by atoms with Crippen LogP contribution in [0, 0.1) is 0 Å². The molecule has 0 atom stereocenters. The van der Waals surface area contributed by atoms with Gasteiger partial charge in [-0.25, -0.2) is 4.79 Å². The standard InChI is InChI=1S/C8H6F3NO2/c9-8(10,11)7(13)14-6-3-1-2-5(12)4-6/h1-4H,12H2. The van der Waals surface area contributed by atoms with Gasteiger partial charge in [-0.2, -0.15) is 13.2 Å². The lowest BCUT2D eigenvalue weighted by molar-refractivity contribution is -0.189. The molecule has 0 fully saturated rings. The third kappa shape index (κ3) is 2.65. The lowest BCUT2D eigenvalue weighted by atomic mass is 10.3. The first-order valence-corrected chi connectivity index (χ1v) is 3.54. The second-order valence-electron chi connectivity index (χ2n) is 2.46. The van der Waals surface area contributed by atoms with Crippen molar-refractivity contribution in [2.45, 2.75) is 6.18 Å². The van der Waals surface area contributed by atoms with Gasteiger partial charge in [0.15, 0.2) is 0 Å². The van der Waals surface area contributed by atoms with Crippen LogP contribution in [-0.2, 0) is 4.79 Å². The molecule has 0 bridgehead atoms. The largest absolute Gasteiger partial charge is 0.491 e. The molecular weight excluding hydrogens is 199 g/mol. The maximum atomic E-state index is 11.7. The van der Waals surface area contributed by atoms with Crippen molar-refractivity contribution in [3.63, 3.8) is 0 Å². The second-order valence-corrected chi connectivity index (χ2v) is 2.46. The topological polar surface area (TPSA) is 52.3 Å². The average molecular weight is 205 g/mol. The Labute approximate surface area is 77.3 Å². The highest BCUT2D eigenvalue weighted by atomic mass is 19.4. The van der Waals surface area contributed by atoms with E-state index in [0.29, 0.717) is 0 Å². The first kappa shape index (κ1) is 10.4. The maximum absolute atomic E-state index is 11.7. The van der Waals surface area contributed by atoms with Gasteiger partial charge in [-0.3, -0.25) is 0 Å². The number of rotatable bonds is 1.